The number of likely N-dealkylation sites (tertiary alicyclic amines) is 1. The summed E-state index contributed by atoms with van der Waals surface area (Å²) in [5.74, 6) is -2.20. The topological polar surface area (TPSA) is 57.6 Å². The van der Waals surface area contributed by atoms with E-state index in [9.17, 15) is 22.8 Å². The fourth-order valence-corrected chi connectivity index (χ4v) is 3.05. The summed E-state index contributed by atoms with van der Waals surface area (Å²) in [4.78, 5) is 25.2. The number of amides is 1. The maximum Gasteiger partial charge on any atom is 0.416 e. The van der Waals surface area contributed by atoms with Crippen molar-refractivity contribution in [1.29, 1.82) is 0 Å². The van der Waals surface area contributed by atoms with Crippen LogP contribution in [0.4, 0.5) is 13.2 Å². The van der Waals surface area contributed by atoms with Gasteiger partial charge in [0.2, 0.25) is 5.91 Å². The van der Waals surface area contributed by atoms with Gasteiger partial charge in [0.25, 0.3) is 0 Å². The van der Waals surface area contributed by atoms with Crippen LogP contribution >= 0.6 is 0 Å². The van der Waals surface area contributed by atoms with Crippen molar-refractivity contribution < 1.29 is 27.9 Å². The van der Waals surface area contributed by atoms with Crippen molar-refractivity contribution in [2.45, 2.75) is 38.3 Å². The number of hydrogen-bond donors (Lipinski definition) is 1. The molecule has 7 heteroatoms. The van der Waals surface area contributed by atoms with Crippen LogP contribution < -0.4 is 0 Å². The molecule has 4 nitrogen and oxygen atoms in total. The van der Waals surface area contributed by atoms with Gasteiger partial charge in [0.1, 0.15) is 0 Å². The summed E-state index contributed by atoms with van der Waals surface area (Å²) in [6, 6.07) is 4.85. The van der Waals surface area contributed by atoms with Gasteiger partial charge in [0.15, 0.2) is 0 Å². The Morgan fingerprint density at radius 2 is 1.92 bits per heavy atom. The Hall–Kier alpha value is -2.05. The van der Waals surface area contributed by atoms with E-state index in [-0.39, 0.29) is 5.91 Å². The van der Waals surface area contributed by atoms with Crippen LogP contribution in [0.1, 0.15) is 43.2 Å². The molecule has 132 valence electrons. The van der Waals surface area contributed by atoms with Gasteiger partial charge in [-0.1, -0.05) is 25.1 Å². The number of carboxylic acid groups (broad SMARTS) is 1. The minimum Gasteiger partial charge on any atom is -0.481 e. The van der Waals surface area contributed by atoms with Gasteiger partial charge in [-0.25, -0.2) is 0 Å². The zero-order valence-corrected chi connectivity index (χ0v) is 13.3. The van der Waals surface area contributed by atoms with Crippen LogP contribution in [0.15, 0.2) is 24.3 Å². The standard InChI is InChI=1S/C17H20F3NO3/c1-2-14(12-4-3-5-13(10-12)17(18,19)20)15(22)21-8-6-11(7-9-21)16(23)24/h3-5,10-11,14H,2,6-9H2,1H3,(H,23,24)/t14-/m0/s1. The number of halogens is 3. The molecule has 0 unspecified atom stereocenters. The van der Waals surface area contributed by atoms with Gasteiger partial charge in [-0.3, -0.25) is 9.59 Å². The maximum absolute atomic E-state index is 12.9. The third-order valence-corrected chi connectivity index (χ3v) is 4.48. The van der Waals surface area contributed by atoms with Crippen molar-refractivity contribution in [1.82, 2.24) is 4.90 Å². The predicted molar refractivity (Wildman–Crippen MR) is 81.4 cm³/mol. The van der Waals surface area contributed by atoms with Gasteiger partial charge in [0.05, 0.1) is 17.4 Å². The van der Waals surface area contributed by atoms with Crippen molar-refractivity contribution in [2.75, 3.05) is 13.1 Å². The number of carbonyl (C=O) groups excluding carboxylic acids is 1. The van der Waals surface area contributed by atoms with Crippen LogP contribution in [-0.2, 0) is 15.8 Å². The summed E-state index contributed by atoms with van der Waals surface area (Å²) in [5, 5.41) is 8.99. The lowest BCUT2D eigenvalue weighted by molar-refractivity contribution is -0.146. The second-order valence-corrected chi connectivity index (χ2v) is 6.02. The van der Waals surface area contributed by atoms with Gasteiger partial charge < -0.3 is 10.0 Å². The number of alkyl halides is 3. The molecular weight excluding hydrogens is 323 g/mol. The molecule has 1 aliphatic heterocycles. The number of benzene rings is 1. The van der Waals surface area contributed by atoms with E-state index in [1.807, 2.05) is 0 Å². The Kier molecular flexibility index (Phi) is 5.51. The molecule has 0 spiro atoms. The first-order valence-electron chi connectivity index (χ1n) is 7.92. The molecule has 0 saturated carbocycles. The summed E-state index contributed by atoms with van der Waals surface area (Å²) in [5.41, 5.74) is -0.423. The molecular formula is C17H20F3NO3. The Morgan fingerprint density at radius 3 is 2.42 bits per heavy atom. The molecule has 1 aromatic carbocycles. The zero-order chi connectivity index (χ0) is 17.9. The summed E-state index contributed by atoms with van der Waals surface area (Å²) in [7, 11) is 0. The highest BCUT2D eigenvalue weighted by Gasteiger charge is 2.33. The number of nitrogens with zero attached hydrogens (tertiary/aromatic N) is 1. The summed E-state index contributed by atoms with van der Waals surface area (Å²) >= 11 is 0. The van der Waals surface area contributed by atoms with Crippen LogP contribution in [0.3, 0.4) is 0 Å². The van der Waals surface area contributed by atoms with Crippen molar-refractivity contribution >= 4 is 11.9 Å². The molecule has 1 atom stereocenters. The molecule has 0 aliphatic carbocycles. The molecule has 1 N–H and O–H groups in total. The first-order valence-corrected chi connectivity index (χ1v) is 7.92. The van der Waals surface area contributed by atoms with Crippen LogP contribution in [0, 0.1) is 5.92 Å². The molecule has 1 aliphatic rings. The van der Waals surface area contributed by atoms with E-state index in [0.717, 1.165) is 12.1 Å². The largest absolute Gasteiger partial charge is 0.481 e. The SMILES string of the molecule is CC[C@H](C(=O)N1CCC(C(=O)O)CC1)c1cccc(C(F)(F)F)c1. The second kappa shape index (κ2) is 7.23. The minimum absolute atomic E-state index is 0.235. The van der Waals surface area contributed by atoms with E-state index >= 15 is 0 Å². The zero-order valence-electron chi connectivity index (χ0n) is 13.3. The fourth-order valence-electron chi connectivity index (χ4n) is 3.05. The van der Waals surface area contributed by atoms with E-state index in [2.05, 4.69) is 0 Å². The number of carboxylic acids is 1. The van der Waals surface area contributed by atoms with Crippen molar-refractivity contribution in [3.05, 3.63) is 35.4 Å². The Morgan fingerprint density at radius 1 is 1.29 bits per heavy atom. The van der Waals surface area contributed by atoms with Crippen LogP contribution in [0.25, 0.3) is 0 Å². The Labute approximate surface area is 138 Å². The minimum atomic E-state index is -4.45. The molecule has 1 fully saturated rings. The van der Waals surface area contributed by atoms with Crippen LogP contribution in [0.2, 0.25) is 0 Å². The average molecular weight is 343 g/mol. The van der Waals surface area contributed by atoms with Gasteiger partial charge in [0, 0.05) is 13.1 Å². The molecule has 1 saturated heterocycles. The molecule has 0 bridgehead atoms. The van der Waals surface area contributed by atoms with Crippen molar-refractivity contribution in [2.24, 2.45) is 5.92 Å². The molecule has 2 rings (SSSR count). The number of piperidine rings is 1. The van der Waals surface area contributed by atoms with E-state index in [1.165, 1.54) is 12.1 Å². The van der Waals surface area contributed by atoms with Crippen LogP contribution in [0.5, 0.6) is 0 Å². The number of carbonyl (C=O) groups is 2. The van der Waals surface area contributed by atoms with Gasteiger partial charge >= 0.3 is 12.1 Å². The van der Waals surface area contributed by atoms with Crippen LogP contribution in [-0.4, -0.2) is 35.0 Å². The van der Waals surface area contributed by atoms with E-state index < -0.39 is 29.5 Å². The first kappa shape index (κ1) is 18.3. The maximum atomic E-state index is 12.9. The lowest BCUT2D eigenvalue weighted by Crippen LogP contribution is -2.42. The highest BCUT2D eigenvalue weighted by atomic mass is 19.4. The second-order valence-electron chi connectivity index (χ2n) is 6.02. The lowest BCUT2D eigenvalue weighted by Gasteiger charge is -2.33. The van der Waals surface area contributed by atoms with Gasteiger partial charge in [-0.05, 0) is 30.9 Å². The normalized spacial score (nSPS) is 17.6. The van der Waals surface area contributed by atoms with Crippen molar-refractivity contribution in [3.63, 3.8) is 0 Å². The van der Waals surface area contributed by atoms with E-state index in [1.54, 1.807) is 11.8 Å². The first-order chi connectivity index (χ1) is 11.2. The smallest absolute Gasteiger partial charge is 0.416 e. The van der Waals surface area contributed by atoms with E-state index in [0.29, 0.717) is 37.9 Å². The molecule has 24 heavy (non-hydrogen) atoms. The quantitative estimate of drug-likeness (QED) is 0.910. The number of aliphatic carboxylic acids is 1. The number of hydrogen-bond acceptors (Lipinski definition) is 2. The monoisotopic (exact) mass is 343 g/mol. The highest BCUT2D eigenvalue weighted by molar-refractivity contribution is 5.84. The van der Waals surface area contributed by atoms with Gasteiger partial charge in [-0.15, -0.1) is 0 Å². The fraction of sp³-hybridized carbons (Fsp3) is 0.529. The average Bonchev–Trinajstić information content (AvgIpc) is 2.55. The molecule has 1 heterocycles. The predicted octanol–water partition coefficient (Wildman–Crippen LogP) is 3.52. The molecule has 1 aromatic rings. The number of rotatable bonds is 4. The lowest BCUT2D eigenvalue weighted by atomic mass is 9.91. The van der Waals surface area contributed by atoms with Gasteiger partial charge in [-0.2, -0.15) is 13.2 Å². The third-order valence-electron chi connectivity index (χ3n) is 4.48. The molecule has 0 aromatic heterocycles. The third kappa shape index (κ3) is 4.07. The summed E-state index contributed by atoms with van der Waals surface area (Å²) < 4.78 is 38.6. The van der Waals surface area contributed by atoms with E-state index in [4.69, 9.17) is 5.11 Å². The molecule has 1 amide bonds. The highest BCUT2D eigenvalue weighted by Crippen LogP contribution is 2.33. The Bertz CT molecular complexity index is 607. The molecule has 0 radical (unpaired) electrons. The summed E-state index contributed by atoms with van der Waals surface area (Å²) in [6.07, 6.45) is -3.31. The summed E-state index contributed by atoms with van der Waals surface area (Å²) in [6.45, 7) is 2.41. The van der Waals surface area contributed by atoms with Crippen molar-refractivity contribution in [3.8, 4) is 0 Å². The Balaban J connectivity index is 2.14.